The van der Waals surface area contributed by atoms with E-state index in [9.17, 15) is 0 Å². The van der Waals surface area contributed by atoms with Crippen molar-refractivity contribution in [3.8, 4) is 5.75 Å². The van der Waals surface area contributed by atoms with Gasteiger partial charge in [0.1, 0.15) is 11.9 Å². The highest BCUT2D eigenvalue weighted by molar-refractivity contribution is 7.85. The van der Waals surface area contributed by atoms with Crippen LogP contribution in [-0.4, -0.2) is 28.2 Å². The Kier molecular flexibility index (Phi) is 7.07. The van der Waals surface area contributed by atoms with E-state index >= 15 is 0 Å². The Labute approximate surface area is 188 Å². The first kappa shape index (κ1) is 22.2. The summed E-state index contributed by atoms with van der Waals surface area (Å²) in [5.41, 5.74) is 8.68. The van der Waals surface area contributed by atoms with E-state index in [0.29, 0.717) is 44.0 Å². The van der Waals surface area contributed by atoms with Gasteiger partial charge >= 0.3 is 0 Å². The highest BCUT2D eigenvalue weighted by atomic mass is 35.5. The molecule has 0 spiro atoms. The Morgan fingerprint density at radius 1 is 1.13 bits per heavy atom. The second-order valence-corrected chi connectivity index (χ2v) is 9.21. The molecule has 2 aromatic heterocycles. The predicted molar refractivity (Wildman–Crippen MR) is 126 cm³/mol. The molecule has 3 aromatic rings. The van der Waals surface area contributed by atoms with Gasteiger partial charge < -0.3 is 10.5 Å². The third kappa shape index (κ3) is 5.16. The van der Waals surface area contributed by atoms with Gasteiger partial charge in [0.15, 0.2) is 5.82 Å². The third-order valence-electron chi connectivity index (χ3n) is 4.22. The van der Waals surface area contributed by atoms with Crippen molar-refractivity contribution in [2.75, 3.05) is 18.2 Å². The average molecular weight is 462 g/mol. The number of ether oxygens (including phenoxy) is 1. The maximum atomic E-state index is 8.58. The summed E-state index contributed by atoms with van der Waals surface area (Å²) in [6.07, 6.45) is 8.28. The standard InChI is InChI=1S/C21H21Cl2N5OS/c1-12(20-16(22)10-26-11-17(20)23)29-14-5-6-18(24)15(8-14)21(25)13-4-7-19(27-9-13)28-30(2)3/h4-12,25H,24H2,1-3H3. The summed E-state index contributed by atoms with van der Waals surface area (Å²) in [7, 11) is -0.102. The van der Waals surface area contributed by atoms with Crippen LogP contribution in [0, 0.1) is 5.41 Å². The van der Waals surface area contributed by atoms with Crippen molar-refractivity contribution in [3.05, 3.63) is 75.7 Å². The van der Waals surface area contributed by atoms with Gasteiger partial charge in [0, 0.05) is 41.0 Å². The lowest BCUT2D eigenvalue weighted by Crippen LogP contribution is -2.09. The van der Waals surface area contributed by atoms with E-state index in [4.69, 9.17) is 39.1 Å². The van der Waals surface area contributed by atoms with E-state index in [2.05, 4.69) is 14.3 Å². The molecule has 0 aliphatic heterocycles. The van der Waals surface area contributed by atoms with Gasteiger partial charge in [-0.1, -0.05) is 33.9 Å². The Balaban J connectivity index is 1.86. The summed E-state index contributed by atoms with van der Waals surface area (Å²) < 4.78 is 10.4. The fraction of sp³-hybridized carbons (Fsp3) is 0.190. The Hall–Kier alpha value is -2.48. The van der Waals surface area contributed by atoms with E-state index in [0.717, 1.165) is 0 Å². The number of nitrogen functional groups attached to an aromatic ring is 1. The smallest absolute Gasteiger partial charge is 0.158 e. The highest BCUT2D eigenvalue weighted by Gasteiger charge is 2.17. The molecule has 0 radical (unpaired) electrons. The molecule has 0 aliphatic carbocycles. The number of pyridine rings is 2. The van der Waals surface area contributed by atoms with Gasteiger partial charge in [-0.25, -0.2) is 9.35 Å². The molecule has 0 bridgehead atoms. The first-order valence-electron chi connectivity index (χ1n) is 8.96. The van der Waals surface area contributed by atoms with Crippen molar-refractivity contribution >= 4 is 51.1 Å². The molecule has 30 heavy (non-hydrogen) atoms. The molecule has 0 saturated heterocycles. The van der Waals surface area contributed by atoms with Gasteiger partial charge in [0.2, 0.25) is 0 Å². The molecule has 0 aliphatic rings. The monoisotopic (exact) mass is 461 g/mol. The topological polar surface area (TPSA) is 97.2 Å². The van der Waals surface area contributed by atoms with Gasteiger partial charge in [-0.2, -0.15) is 0 Å². The van der Waals surface area contributed by atoms with Crippen molar-refractivity contribution in [1.29, 1.82) is 5.41 Å². The minimum absolute atomic E-state index is 0.102. The van der Waals surface area contributed by atoms with Crippen molar-refractivity contribution in [2.24, 2.45) is 4.36 Å². The van der Waals surface area contributed by atoms with Gasteiger partial charge in [0.25, 0.3) is 0 Å². The number of halogens is 2. The molecule has 1 aromatic carbocycles. The number of rotatable bonds is 6. The molecule has 1 atom stereocenters. The molecule has 3 rings (SSSR count). The zero-order valence-corrected chi connectivity index (χ0v) is 19.0. The number of aromatic nitrogens is 2. The van der Waals surface area contributed by atoms with Crippen LogP contribution in [0.15, 0.2) is 53.3 Å². The Morgan fingerprint density at radius 3 is 2.43 bits per heavy atom. The normalized spacial score (nSPS) is 11.9. The lowest BCUT2D eigenvalue weighted by atomic mass is 10.0. The third-order valence-corrected chi connectivity index (χ3v) is 5.37. The summed E-state index contributed by atoms with van der Waals surface area (Å²) >= 11 is 12.5. The zero-order valence-electron chi connectivity index (χ0n) is 16.7. The van der Waals surface area contributed by atoms with E-state index in [-0.39, 0.29) is 16.4 Å². The van der Waals surface area contributed by atoms with E-state index in [1.54, 1.807) is 30.5 Å². The van der Waals surface area contributed by atoms with E-state index < -0.39 is 6.10 Å². The lowest BCUT2D eigenvalue weighted by molar-refractivity contribution is 0.227. The quantitative estimate of drug-likeness (QED) is 0.367. The molecule has 9 heteroatoms. The molecule has 6 nitrogen and oxygen atoms in total. The Morgan fingerprint density at radius 2 is 1.83 bits per heavy atom. The van der Waals surface area contributed by atoms with Gasteiger partial charge in [-0.05, 0) is 49.8 Å². The van der Waals surface area contributed by atoms with Crippen molar-refractivity contribution < 1.29 is 4.74 Å². The second kappa shape index (κ2) is 9.55. The highest BCUT2D eigenvalue weighted by Crippen LogP contribution is 2.33. The summed E-state index contributed by atoms with van der Waals surface area (Å²) in [5, 5.41) is 9.44. The van der Waals surface area contributed by atoms with E-state index in [1.807, 2.05) is 25.5 Å². The van der Waals surface area contributed by atoms with Crippen LogP contribution in [0.1, 0.15) is 29.7 Å². The SMILES string of the molecule is CC(Oc1ccc(N)c(C(=N)c2ccc(N=S(C)C)nc2)c1)c1c(Cl)cncc1Cl. The van der Waals surface area contributed by atoms with Crippen LogP contribution in [0.5, 0.6) is 5.75 Å². The van der Waals surface area contributed by atoms with Crippen LogP contribution in [0.25, 0.3) is 0 Å². The van der Waals surface area contributed by atoms with Crippen molar-refractivity contribution in [1.82, 2.24) is 9.97 Å². The molecule has 156 valence electrons. The summed E-state index contributed by atoms with van der Waals surface area (Å²) in [5.74, 6) is 1.19. The number of anilines is 1. The van der Waals surface area contributed by atoms with Crippen LogP contribution in [0.3, 0.4) is 0 Å². The fourth-order valence-corrected chi connectivity index (χ4v) is 3.98. The lowest BCUT2D eigenvalue weighted by Gasteiger charge is -2.18. The van der Waals surface area contributed by atoms with Crippen LogP contribution < -0.4 is 10.5 Å². The molecular formula is C21H21Cl2N5OS. The van der Waals surface area contributed by atoms with Crippen LogP contribution in [0.2, 0.25) is 10.0 Å². The zero-order chi connectivity index (χ0) is 21.8. The first-order chi connectivity index (χ1) is 14.3. The minimum atomic E-state index is -0.418. The molecule has 3 N–H and O–H groups in total. The summed E-state index contributed by atoms with van der Waals surface area (Å²) in [6.45, 7) is 1.84. The number of nitrogens with zero attached hydrogens (tertiary/aromatic N) is 3. The molecule has 2 heterocycles. The van der Waals surface area contributed by atoms with Crippen molar-refractivity contribution in [3.63, 3.8) is 0 Å². The van der Waals surface area contributed by atoms with Gasteiger partial charge in [0.05, 0.1) is 15.8 Å². The average Bonchev–Trinajstić information content (AvgIpc) is 2.69. The molecule has 0 fully saturated rings. The van der Waals surface area contributed by atoms with E-state index in [1.165, 1.54) is 12.4 Å². The van der Waals surface area contributed by atoms with Crippen LogP contribution in [0.4, 0.5) is 11.5 Å². The maximum absolute atomic E-state index is 8.58. The molecular weight excluding hydrogens is 441 g/mol. The largest absolute Gasteiger partial charge is 0.486 e. The number of benzene rings is 1. The van der Waals surface area contributed by atoms with Crippen LogP contribution >= 0.6 is 23.2 Å². The van der Waals surface area contributed by atoms with Crippen molar-refractivity contribution in [2.45, 2.75) is 13.0 Å². The predicted octanol–water partition coefficient (Wildman–Crippen LogP) is 5.61. The summed E-state index contributed by atoms with van der Waals surface area (Å²) in [6, 6.07) is 8.79. The molecule has 1 unspecified atom stereocenters. The van der Waals surface area contributed by atoms with Gasteiger partial charge in [-0.15, -0.1) is 0 Å². The number of nitrogens with two attached hydrogens (primary N) is 1. The summed E-state index contributed by atoms with van der Waals surface area (Å²) in [4.78, 5) is 8.28. The number of nitrogens with one attached hydrogen (secondary N) is 1. The molecule has 0 amide bonds. The number of hydrogen-bond donors (Lipinski definition) is 2. The first-order valence-corrected chi connectivity index (χ1v) is 11.7. The van der Waals surface area contributed by atoms with Gasteiger partial charge in [-0.3, -0.25) is 10.4 Å². The Bertz CT molecular complexity index is 1090. The second-order valence-electron chi connectivity index (χ2n) is 6.67. The fourth-order valence-electron chi connectivity index (χ4n) is 2.83. The van der Waals surface area contributed by atoms with Crippen LogP contribution in [-0.2, 0) is 10.7 Å². The number of hydrogen-bond acceptors (Lipinski definition) is 6. The molecule has 0 saturated carbocycles. The minimum Gasteiger partial charge on any atom is -0.486 e. The maximum Gasteiger partial charge on any atom is 0.158 e.